The minimum Gasteiger partial charge on any atom is -0.253 e. The van der Waals surface area contributed by atoms with Gasteiger partial charge in [-0.3, -0.25) is 15.0 Å². The van der Waals surface area contributed by atoms with Gasteiger partial charge in [-0.25, -0.2) is 0 Å². The molecule has 0 saturated heterocycles. The molecule has 0 aliphatic heterocycles. The van der Waals surface area contributed by atoms with Crippen LogP contribution in [0.25, 0.3) is 23.4 Å². The molecule has 1 aromatic carbocycles. The molecular formula is C15H11N3S. The Labute approximate surface area is 115 Å². The first kappa shape index (κ1) is 11.7. The Morgan fingerprint density at radius 3 is 2.58 bits per heavy atom. The lowest BCUT2D eigenvalue weighted by Gasteiger charge is -2.03. The largest absolute Gasteiger partial charge is 0.253 e. The van der Waals surface area contributed by atoms with Crippen molar-refractivity contribution in [2.24, 2.45) is 0 Å². The second-order valence-corrected chi connectivity index (χ2v) is 4.81. The highest BCUT2D eigenvalue weighted by atomic mass is 32.1. The number of hydrogen-bond donors (Lipinski definition) is 0. The fourth-order valence-electron chi connectivity index (χ4n) is 1.76. The molecule has 3 rings (SSSR count). The fraction of sp³-hybridized carbons (Fsp3) is 0. The average Bonchev–Trinajstić information content (AvgIpc) is 3.00. The smallest absolute Gasteiger partial charge is 0.0958 e. The summed E-state index contributed by atoms with van der Waals surface area (Å²) in [5.41, 5.74) is 4.64. The van der Waals surface area contributed by atoms with Crippen molar-refractivity contribution < 1.29 is 0 Å². The van der Waals surface area contributed by atoms with E-state index in [9.17, 15) is 0 Å². The van der Waals surface area contributed by atoms with Crippen molar-refractivity contribution in [3.63, 3.8) is 0 Å². The standard InChI is InChI=1S/C15H11N3S/c1-2-4-12(5-3-1)15-14(17-8-9-18-15)7-6-13-10-16-11-19-13/h1-11H/b7-6+. The first-order valence-corrected chi connectivity index (χ1v) is 6.74. The lowest BCUT2D eigenvalue weighted by atomic mass is 10.1. The van der Waals surface area contributed by atoms with Crippen LogP contribution in [0.2, 0.25) is 0 Å². The maximum Gasteiger partial charge on any atom is 0.0958 e. The second-order valence-electron chi connectivity index (χ2n) is 3.89. The molecule has 2 heterocycles. The van der Waals surface area contributed by atoms with Gasteiger partial charge in [-0.05, 0) is 12.2 Å². The molecule has 0 atom stereocenters. The topological polar surface area (TPSA) is 38.7 Å². The van der Waals surface area contributed by atoms with Crippen molar-refractivity contribution >= 4 is 23.5 Å². The van der Waals surface area contributed by atoms with Crippen molar-refractivity contribution in [2.75, 3.05) is 0 Å². The van der Waals surface area contributed by atoms with Crippen molar-refractivity contribution in [2.45, 2.75) is 0 Å². The number of thiazole rings is 1. The van der Waals surface area contributed by atoms with Crippen LogP contribution < -0.4 is 0 Å². The van der Waals surface area contributed by atoms with Crippen LogP contribution in [-0.4, -0.2) is 15.0 Å². The number of nitrogens with zero attached hydrogens (tertiary/aromatic N) is 3. The normalized spacial score (nSPS) is 10.9. The third kappa shape index (κ3) is 2.74. The van der Waals surface area contributed by atoms with Crippen LogP contribution in [0.3, 0.4) is 0 Å². The van der Waals surface area contributed by atoms with Gasteiger partial charge in [0, 0.05) is 29.0 Å². The van der Waals surface area contributed by atoms with Crippen LogP contribution in [0.15, 0.2) is 54.4 Å². The van der Waals surface area contributed by atoms with E-state index in [2.05, 4.69) is 15.0 Å². The van der Waals surface area contributed by atoms with Gasteiger partial charge in [-0.15, -0.1) is 11.3 Å². The lowest BCUT2D eigenvalue weighted by molar-refractivity contribution is 1.19. The SMILES string of the molecule is C(=C\c1nccnc1-c1ccccc1)/c1cncs1. The Bertz CT molecular complexity index is 676. The molecule has 4 heteroatoms. The molecular weight excluding hydrogens is 254 g/mol. The molecule has 0 spiro atoms. The molecule has 0 N–H and O–H groups in total. The second kappa shape index (κ2) is 5.54. The maximum absolute atomic E-state index is 4.42. The molecule has 0 fully saturated rings. The lowest BCUT2D eigenvalue weighted by Crippen LogP contribution is -1.90. The van der Waals surface area contributed by atoms with E-state index >= 15 is 0 Å². The van der Waals surface area contributed by atoms with E-state index in [0.717, 1.165) is 21.8 Å². The van der Waals surface area contributed by atoms with Gasteiger partial charge >= 0.3 is 0 Å². The molecule has 0 radical (unpaired) electrons. The molecule has 19 heavy (non-hydrogen) atoms. The zero-order valence-electron chi connectivity index (χ0n) is 10.1. The Morgan fingerprint density at radius 1 is 0.947 bits per heavy atom. The average molecular weight is 265 g/mol. The Morgan fingerprint density at radius 2 is 1.79 bits per heavy atom. The molecule has 3 aromatic rings. The summed E-state index contributed by atoms with van der Waals surface area (Å²) in [6.45, 7) is 0. The summed E-state index contributed by atoms with van der Waals surface area (Å²) in [4.78, 5) is 14.0. The van der Waals surface area contributed by atoms with E-state index in [1.165, 1.54) is 0 Å². The molecule has 2 aromatic heterocycles. The first-order chi connectivity index (χ1) is 9.43. The Hall–Kier alpha value is -2.33. The van der Waals surface area contributed by atoms with Crippen LogP contribution in [0.5, 0.6) is 0 Å². The van der Waals surface area contributed by atoms with Crippen molar-refractivity contribution in [1.82, 2.24) is 15.0 Å². The van der Waals surface area contributed by atoms with Gasteiger partial charge in [0.25, 0.3) is 0 Å². The molecule has 3 nitrogen and oxygen atoms in total. The summed E-state index contributed by atoms with van der Waals surface area (Å²) in [5, 5.41) is 0. The third-order valence-electron chi connectivity index (χ3n) is 2.63. The minimum absolute atomic E-state index is 0.863. The van der Waals surface area contributed by atoms with E-state index in [4.69, 9.17) is 0 Å². The van der Waals surface area contributed by atoms with Gasteiger partial charge in [0.05, 0.1) is 16.9 Å². The van der Waals surface area contributed by atoms with E-state index in [1.807, 2.05) is 54.2 Å². The van der Waals surface area contributed by atoms with Crippen LogP contribution in [0.1, 0.15) is 10.6 Å². The number of rotatable bonds is 3. The van der Waals surface area contributed by atoms with E-state index in [-0.39, 0.29) is 0 Å². The maximum atomic E-state index is 4.42. The summed E-state index contributed by atoms with van der Waals surface area (Å²) in [6, 6.07) is 10.1. The quantitative estimate of drug-likeness (QED) is 0.723. The predicted molar refractivity (Wildman–Crippen MR) is 78.5 cm³/mol. The summed E-state index contributed by atoms with van der Waals surface area (Å²) in [6.07, 6.45) is 9.24. The summed E-state index contributed by atoms with van der Waals surface area (Å²) >= 11 is 1.60. The predicted octanol–water partition coefficient (Wildman–Crippen LogP) is 3.77. The van der Waals surface area contributed by atoms with Crippen molar-refractivity contribution in [3.8, 4) is 11.3 Å². The van der Waals surface area contributed by atoms with Crippen LogP contribution >= 0.6 is 11.3 Å². The van der Waals surface area contributed by atoms with Gasteiger partial charge in [-0.2, -0.15) is 0 Å². The number of benzene rings is 1. The highest BCUT2D eigenvalue weighted by molar-refractivity contribution is 7.10. The molecule has 92 valence electrons. The monoisotopic (exact) mass is 265 g/mol. The molecule has 0 aliphatic rings. The molecule has 0 bridgehead atoms. The molecule has 0 unspecified atom stereocenters. The van der Waals surface area contributed by atoms with Crippen LogP contribution in [-0.2, 0) is 0 Å². The van der Waals surface area contributed by atoms with Crippen LogP contribution in [0.4, 0.5) is 0 Å². The summed E-state index contributed by atoms with van der Waals surface area (Å²) < 4.78 is 0. The highest BCUT2D eigenvalue weighted by Gasteiger charge is 2.04. The van der Waals surface area contributed by atoms with E-state index in [1.54, 1.807) is 23.7 Å². The molecule has 0 amide bonds. The third-order valence-corrected chi connectivity index (χ3v) is 3.37. The van der Waals surface area contributed by atoms with Gasteiger partial charge in [0.15, 0.2) is 0 Å². The van der Waals surface area contributed by atoms with Gasteiger partial charge < -0.3 is 0 Å². The minimum atomic E-state index is 0.863. The van der Waals surface area contributed by atoms with Gasteiger partial charge in [0.2, 0.25) is 0 Å². The fourth-order valence-corrected chi connectivity index (χ4v) is 2.27. The Balaban J connectivity index is 1.99. The Kier molecular flexibility index (Phi) is 3.42. The molecule has 0 saturated carbocycles. The number of hydrogen-bond acceptors (Lipinski definition) is 4. The zero-order chi connectivity index (χ0) is 12.9. The summed E-state index contributed by atoms with van der Waals surface area (Å²) in [7, 11) is 0. The van der Waals surface area contributed by atoms with Crippen molar-refractivity contribution in [3.05, 3.63) is 65.0 Å². The van der Waals surface area contributed by atoms with Crippen LogP contribution in [0, 0.1) is 0 Å². The molecule has 0 aliphatic carbocycles. The van der Waals surface area contributed by atoms with Gasteiger partial charge in [0.1, 0.15) is 0 Å². The summed E-state index contributed by atoms with van der Waals surface area (Å²) in [5.74, 6) is 0. The zero-order valence-corrected chi connectivity index (χ0v) is 10.9. The van der Waals surface area contributed by atoms with E-state index < -0.39 is 0 Å². The highest BCUT2D eigenvalue weighted by Crippen LogP contribution is 2.21. The number of aromatic nitrogens is 3. The van der Waals surface area contributed by atoms with Crippen molar-refractivity contribution in [1.29, 1.82) is 0 Å². The first-order valence-electron chi connectivity index (χ1n) is 5.86. The van der Waals surface area contributed by atoms with E-state index in [0.29, 0.717) is 0 Å². The van der Waals surface area contributed by atoms with Gasteiger partial charge in [-0.1, -0.05) is 30.3 Å².